The molecule has 10 atom stereocenters. The zero-order valence-corrected chi connectivity index (χ0v) is 35.1. The number of aliphatic hydroxyl groups is 4. The van der Waals surface area contributed by atoms with Gasteiger partial charge in [-0.15, -0.1) is 0 Å². The Balaban J connectivity index is 1.34. The van der Waals surface area contributed by atoms with Crippen LogP contribution in [-0.4, -0.2) is 144 Å². The Morgan fingerprint density at radius 1 is 1.03 bits per heavy atom. The number of carbonyl (C=O) groups excluding carboxylic acids is 2. The second-order valence-corrected chi connectivity index (χ2v) is 18.5. The van der Waals surface area contributed by atoms with Crippen LogP contribution in [-0.2, 0) is 31.6 Å². The molecule has 0 radical (unpaired) electrons. The second-order valence-electron chi connectivity index (χ2n) is 18.5. The van der Waals surface area contributed by atoms with E-state index in [1.165, 1.54) is 7.11 Å². The summed E-state index contributed by atoms with van der Waals surface area (Å²) in [7, 11) is 4.92. The number of piperidine rings is 1. The molecule has 3 unspecified atom stereocenters. The van der Waals surface area contributed by atoms with E-state index in [0.717, 1.165) is 33.4 Å². The van der Waals surface area contributed by atoms with Gasteiger partial charge >= 0.3 is 5.97 Å². The second kappa shape index (κ2) is 14.3. The molecule has 6 N–H and O–H groups in total. The van der Waals surface area contributed by atoms with Crippen LogP contribution in [0.3, 0.4) is 0 Å². The smallest absolute Gasteiger partial charge is 0.322 e. The van der Waals surface area contributed by atoms with Crippen LogP contribution in [0.25, 0.3) is 10.9 Å². The number of carbonyl (C=O) groups is 2. The van der Waals surface area contributed by atoms with Crippen LogP contribution in [0.15, 0.2) is 48.6 Å². The fraction of sp³-hybridized carbons (Fsp3) is 0.609. The first-order chi connectivity index (χ1) is 28.3. The minimum atomic E-state index is -2.26. The molecule has 6 heterocycles. The van der Waals surface area contributed by atoms with Crippen LogP contribution < -0.4 is 15.0 Å². The van der Waals surface area contributed by atoms with Crippen molar-refractivity contribution in [2.45, 2.75) is 99.0 Å². The number of nitrogens with zero attached hydrogens (tertiary/aromatic N) is 3. The number of para-hydroxylation sites is 1. The Bertz CT molecular complexity index is 2190. The minimum Gasteiger partial charge on any atom is -0.496 e. The number of H-pyrrole nitrogens is 1. The number of rotatable bonds is 9. The summed E-state index contributed by atoms with van der Waals surface area (Å²) in [6.07, 6.45) is 6.10. The number of hydrogen-bond acceptors (Lipinski definition) is 11. The first kappa shape index (κ1) is 40.4. The van der Waals surface area contributed by atoms with Crippen molar-refractivity contribution >= 4 is 28.5 Å². The van der Waals surface area contributed by atoms with E-state index in [0.29, 0.717) is 89.0 Å². The summed E-state index contributed by atoms with van der Waals surface area (Å²) in [5, 5.41) is 51.3. The number of aliphatic hydroxyl groups excluding tert-OH is 2. The monoisotopic (exact) mass is 811 g/mol. The van der Waals surface area contributed by atoms with Crippen molar-refractivity contribution < 1.29 is 39.5 Å². The van der Waals surface area contributed by atoms with E-state index in [-0.39, 0.29) is 25.1 Å². The van der Waals surface area contributed by atoms with Crippen molar-refractivity contribution in [2.24, 2.45) is 11.3 Å². The van der Waals surface area contributed by atoms with Gasteiger partial charge < -0.3 is 45.1 Å². The molecule has 2 bridgehead atoms. The Labute approximate surface area is 346 Å². The highest BCUT2D eigenvalue weighted by atomic mass is 16.5. The van der Waals surface area contributed by atoms with Crippen LogP contribution >= 0.6 is 0 Å². The molecule has 2 saturated heterocycles. The number of amides is 1. The number of hydrogen-bond donors (Lipinski definition) is 6. The maximum atomic E-state index is 15.3. The summed E-state index contributed by atoms with van der Waals surface area (Å²) in [4.78, 5) is 40.4. The molecule has 1 amide bonds. The van der Waals surface area contributed by atoms with Gasteiger partial charge in [-0.25, -0.2) is 0 Å². The third kappa shape index (κ3) is 5.37. The summed E-state index contributed by atoms with van der Waals surface area (Å²) in [5.74, 6) is -0.727. The summed E-state index contributed by atoms with van der Waals surface area (Å²) >= 11 is 0. The zero-order chi connectivity index (χ0) is 41.7. The minimum absolute atomic E-state index is 0.0903. The Kier molecular flexibility index (Phi) is 9.80. The van der Waals surface area contributed by atoms with Gasteiger partial charge in [-0.05, 0) is 80.7 Å². The van der Waals surface area contributed by atoms with Gasteiger partial charge in [-0.1, -0.05) is 44.2 Å². The van der Waals surface area contributed by atoms with Crippen molar-refractivity contribution in [2.75, 3.05) is 72.0 Å². The summed E-state index contributed by atoms with van der Waals surface area (Å²) in [5.41, 5.74) is -1.47. The molecule has 3 fully saturated rings. The molecule has 1 saturated carbocycles. The maximum Gasteiger partial charge on any atom is 0.322 e. The van der Waals surface area contributed by atoms with Gasteiger partial charge in [0.1, 0.15) is 17.3 Å². The summed E-state index contributed by atoms with van der Waals surface area (Å²) in [6, 6.07) is 11.0. The van der Waals surface area contributed by atoms with Crippen LogP contribution in [0.5, 0.6) is 5.75 Å². The van der Waals surface area contributed by atoms with Gasteiger partial charge in [0, 0.05) is 97.2 Å². The molecule has 2 aromatic carbocycles. The Morgan fingerprint density at radius 3 is 2.56 bits per heavy atom. The zero-order valence-electron chi connectivity index (χ0n) is 35.1. The molecule has 1 aromatic heterocycles. The quantitative estimate of drug-likeness (QED) is 0.107. The number of benzene rings is 2. The molecule has 1 spiro atoms. The molecule has 318 valence electrons. The van der Waals surface area contributed by atoms with E-state index in [9.17, 15) is 25.2 Å². The highest BCUT2D eigenvalue weighted by molar-refractivity contribution is 5.95. The van der Waals surface area contributed by atoms with Crippen molar-refractivity contribution in [3.05, 3.63) is 70.9 Å². The van der Waals surface area contributed by atoms with Gasteiger partial charge in [0.2, 0.25) is 0 Å². The third-order valence-electron chi connectivity index (χ3n) is 15.8. The lowest BCUT2D eigenvalue weighted by molar-refractivity contribution is -0.203. The number of ether oxygens (including phenoxy) is 2. The fourth-order valence-electron chi connectivity index (χ4n) is 13.5. The van der Waals surface area contributed by atoms with Crippen molar-refractivity contribution in [1.29, 1.82) is 0 Å². The lowest BCUT2D eigenvalue weighted by Gasteiger charge is -2.63. The number of aromatic nitrogens is 1. The lowest BCUT2D eigenvalue weighted by Crippen LogP contribution is -2.81. The van der Waals surface area contributed by atoms with Crippen molar-refractivity contribution in [1.82, 2.24) is 20.1 Å². The van der Waals surface area contributed by atoms with Crippen LogP contribution in [0, 0.1) is 11.3 Å². The standard InChI is InChI=1S/C46H61N5O8/c1-6-42(56)24-28-25-45(41(55)59-5,36-30(14-19-50(26-28)27-42)29-12-8-9-13-33(29)48-36)32-22-31-34(23-35(32)58-4)49(3)38-44(31)16-20-51-18-10-15-43(7-2,37(44)51)39(53)46(38,57)40(54)47-17-11-21-52/h8-10,12-13,15,22-23,28,37-39,48,52-53,56-57H,6-7,11,14,16-21,24-27H2,1-5H3,(H,47,54)/t28-,37?,38?,39-,42?,43-,44-,45+,46+/m1/s1. The number of nitrogens with one attached hydrogen (secondary N) is 2. The van der Waals surface area contributed by atoms with Gasteiger partial charge in [0.25, 0.3) is 5.91 Å². The highest BCUT2D eigenvalue weighted by Crippen LogP contribution is 2.67. The van der Waals surface area contributed by atoms with Gasteiger partial charge in [0.15, 0.2) is 5.60 Å². The van der Waals surface area contributed by atoms with Crippen LogP contribution in [0.4, 0.5) is 5.69 Å². The number of likely N-dealkylation sites (N-methyl/N-ethyl adjacent to an activating group) is 1. The van der Waals surface area contributed by atoms with Crippen molar-refractivity contribution in [3.63, 3.8) is 0 Å². The number of esters is 1. The topological polar surface area (TPSA) is 171 Å². The van der Waals surface area contributed by atoms with E-state index < -0.39 is 51.5 Å². The van der Waals surface area contributed by atoms with Crippen LogP contribution in [0.2, 0.25) is 0 Å². The van der Waals surface area contributed by atoms with E-state index >= 15 is 4.79 Å². The van der Waals surface area contributed by atoms with Crippen LogP contribution in [0.1, 0.15) is 74.8 Å². The molecular weight excluding hydrogens is 751 g/mol. The number of methoxy groups -OCH3 is 2. The largest absolute Gasteiger partial charge is 0.496 e. The van der Waals surface area contributed by atoms with Gasteiger partial charge in [0.05, 0.1) is 25.9 Å². The van der Waals surface area contributed by atoms with E-state index in [2.05, 4.69) is 38.3 Å². The highest BCUT2D eigenvalue weighted by Gasteiger charge is 2.78. The number of anilines is 1. The van der Waals surface area contributed by atoms with E-state index in [4.69, 9.17) is 9.47 Å². The SMILES string of the molecule is CCC1(O)C[C@H]2C[N@](CCc3c([nH]c4ccccc34)[C@@](C(=O)OC)(c3cc4c(cc3OC)N(C)C3[C@]45CCN4CC=C[C@](CC)(C45)[C@@H](O)[C@]3(O)C(=O)NCCCO)C2)C1. The van der Waals surface area contributed by atoms with Gasteiger partial charge in [-0.3, -0.25) is 19.4 Å². The normalized spacial score (nSPS) is 37.1. The average Bonchev–Trinajstić information content (AvgIpc) is 3.90. The number of fused-ring (bicyclic) bond motifs is 6. The molecule has 1 aliphatic carbocycles. The first-order valence-electron chi connectivity index (χ1n) is 21.6. The molecule has 13 heteroatoms. The molecular formula is C46H61N5O8. The summed E-state index contributed by atoms with van der Waals surface area (Å²) in [6.45, 7) is 7.39. The molecule has 9 rings (SSSR count). The predicted molar refractivity (Wildman–Crippen MR) is 224 cm³/mol. The van der Waals surface area contributed by atoms with E-state index in [1.807, 2.05) is 56.1 Å². The van der Waals surface area contributed by atoms with Crippen molar-refractivity contribution in [3.8, 4) is 5.75 Å². The Hall–Kier alpha value is -3.98. The van der Waals surface area contributed by atoms with Gasteiger partial charge in [-0.2, -0.15) is 0 Å². The lowest BCUT2D eigenvalue weighted by atomic mass is 9.47. The molecule has 3 aromatic rings. The first-order valence-corrected chi connectivity index (χ1v) is 21.6. The maximum absolute atomic E-state index is 15.3. The van der Waals surface area contributed by atoms with E-state index in [1.54, 1.807) is 7.11 Å². The molecule has 13 nitrogen and oxygen atoms in total. The third-order valence-corrected chi connectivity index (χ3v) is 15.8. The Morgan fingerprint density at radius 2 is 1.83 bits per heavy atom. The summed E-state index contributed by atoms with van der Waals surface area (Å²) < 4.78 is 12.3. The number of aromatic amines is 1. The predicted octanol–water partition coefficient (Wildman–Crippen LogP) is 2.75. The molecule has 6 aliphatic rings. The fourth-order valence-corrected chi connectivity index (χ4v) is 13.5. The molecule has 59 heavy (non-hydrogen) atoms. The average molecular weight is 812 g/mol. The molecule has 5 aliphatic heterocycles.